The number of rotatable bonds is 1. The van der Waals surface area contributed by atoms with E-state index in [0.29, 0.717) is 6.04 Å². The molecule has 1 unspecified atom stereocenters. The molecule has 1 aromatic carbocycles. The van der Waals surface area contributed by atoms with Gasteiger partial charge in [-0.2, -0.15) is 5.26 Å². The van der Waals surface area contributed by atoms with Crippen molar-refractivity contribution in [2.24, 2.45) is 0 Å². The van der Waals surface area contributed by atoms with E-state index in [1.54, 1.807) is 0 Å². The lowest BCUT2D eigenvalue weighted by Crippen LogP contribution is -2.36. The minimum absolute atomic E-state index is 0.678. The lowest BCUT2D eigenvalue weighted by atomic mass is 10.1. The van der Waals surface area contributed by atoms with Crippen molar-refractivity contribution in [3.8, 4) is 6.07 Å². The van der Waals surface area contributed by atoms with Crippen LogP contribution >= 0.6 is 15.9 Å². The molecule has 0 saturated carbocycles. The van der Waals surface area contributed by atoms with Crippen LogP contribution in [0.5, 0.6) is 0 Å². The van der Waals surface area contributed by atoms with E-state index in [4.69, 9.17) is 0 Å². The third-order valence-corrected chi connectivity index (χ3v) is 4.72. The molecule has 0 radical (unpaired) electrons. The molecule has 4 heteroatoms. The molecular formula is C15H18BrN3. The maximum Gasteiger partial charge on any atom is 0.101 e. The third-order valence-electron chi connectivity index (χ3n) is 4.22. The lowest BCUT2D eigenvalue weighted by Gasteiger charge is -2.28. The van der Waals surface area contributed by atoms with Gasteiger partial charge in [-0.3, -0.25) is 4.90 Å². The Morgan fingerprint density at radius 1 is 1.21 bits per heavy atom. The summed E-state index contributed by atoms with van der Waals surface area (Å²) in [6, 6.07) is 9.04. The number of anilines is 1. The van der Waals surface area contributed by atoms with Crippen LogP contribution in [0.3, 0.4) is 0 Å². The highest BCUT2D eigenvalue weighted by Crippen LogP contribution is 2.28. The number of fused-ring (bicyclic) bond motifs is 1. The van der Waals surface area contributed by atoms with Crippen LogP contribution in [-0.4, -0.2) is 37.1 Å². The molecule has 2 aliphatic heterocycles. The number of benzene rings is 1. The Morgan fingerprint density at radius 2 is 2.05 bits per heavy atom. The molecule has 100 valence electrons. The molecule has 2 saturated heterocycles. The monoisotopic (exact) mass is 319 g/mol. The molecule has 3 rings (SSSR count). The Labute approximate surface area is 122 Å². The molecular weight excluding hydrogens is 302 g/mol. The average molecular weight is 320 g/mol. The Hall–Kier alpha value is -1.05. The number of nitrogens with zero attached hydrogens (tertiary/aromatic N) is 3. The minimum atomic E-state index is 0.678. The maximum atomic E-state index is 9.32. The fraction of sp³-hybridized carbons (Fsp3) is 0.533. The van der Waals surface area contributed by atoms with Crippen molar-refractivity contribution in [3.63, 3.8) is 0 Å². The topological polar surface area (TPSA) is 30.3 Å². The zero-order valence-electron chi connectivity index (χ0n) is 11.0. The summed E-state index contributed by atoms with van der Waals surface area (Å²) >= 11 is 3.44. The first-order chi connectivity index (χ1) is 9.28. The highest BCUT2D eigenvalue weighted by molar-refractivity contribution is 9.10. The predicted molar refractivity (Wildman–Crippen MR) is 80.3 cm³/mol. The molecule has 2 aliphatic rings. The summed E-state index contributed by atoms with van der Waals surface area (Å²) < 4.78 is 0.977. The molecule has 1 atom stereocenters. The quantitative estimate of drug-likeness (QED) is 0.797. The van der Waals surface area contributed by atoms with Gasteiger partial charge in [-0.15, -0.1) is 0 Å². The van der Waals surface area contributed by atoms with E-state index >= 15 is 0 Å². The molecule has 0 aliphatic carbocycles. The number of hydrogen-bond acceptors (Lipinski definition) is 3. The van der Waals surface area contributed by atoms with Gasteiger partial charge in [0.25, 0.3) is 0 Å². The standard InChI is InChI=1S/C15H18BrN3/c16-13-4-5-15(12(9-13)10-17)19-8-2-7-18-6-1-3-14(18)11-19/h4-5,9,14H,1-3,6-8,11H2. The second-order valence-electron chi connectivity index (χ2n) is 5.40. The fourth-order valence-corrected chi connectivity index (χ4v) is 3.66. The molecule has 2 heterocycles. The van der Waals surface area contributed by atoms with E-state index in [1.807, 2.05) is 12.1 Å². The van der Waals surface area contributed by atoms with E-state index in [2.05, 4.69) is 37.9 Å². The molecule has 3 nitrogen and oxygen atoms in total. The summed E-state index contributed by atoms with van der Waals surface area (Å²) in [5.41, 5.74) is 1.88. The first-order valence-electron chi connectivity index (χ1n) is 6.96. The van der Waals surface area contributed by atoms with Crippen molar-refractivity contribution >= 4 is 21.6 Å². The summed E-state index contributed by atoms with van der Waals surface area (Å²) in [5.74, 6) is 0. The van der Waals surface area contributed by atoms with Gasteiger partial charge >= 0.3 is 0 Å². The van der Waals surface area contributed by atoms with Crippen molar-refractivity contribution in [2.45, 2.75) is 25.3 Å². The molecule has 0 bridgehead atoms. The summed E-state index contributed by atoms with van der Waals surface area (Å²) in [4.78, 5) is 5.02. The zero-order chi connectivity index (χ0) is 13.2. The Balaban J connectivity index is 1.87. The third kappa shape index (κ3) is 2.63. The first-order valence-corrected chi connectivity index (χ1v) is 7.76. The molecule has 0 aromatic heterocycles. The number of nitriles is 1. The first kappa shape index (κ1) is 13.0. The predicted octanol–water partition coefficient (Wildman–Crippen LogP) is 3.00. The van der Waals surface area contributed by atoms with Gasteiger partial charge in [0.15, 0.2) is 0 Å². The summed E-state index contributed by atoms with van der Waals surface area (Å²) in [6.07, 6.45) is 3.82. The lowest BCUT2D eigenvalue weighted by molar-refractivity contribution is 0.273. The van der Waals surface area contributed by atoms with Crippen LogP contribution < -0.4 is 4.90 Å². The molecule has 0 spiro atoms. The van der Waals surface area contributed by atoms with Gasteiger partial charge < -0.3 is 4.90 Å². The van der Waals surface area contributed by atoms with Gasteiger partial charge in [0.2, 0.25) is 0 Å². The average Bonchev–Trinajstić information content (AvgIpc) is 2.76. The van der Waals surface area contributed by atoms with Crippen LogP contribution in [0.25, 0.3) is 0 Å². The van der Waals surface area contributed by atoms with Crippen LogP contribution in [0.15, 0.2) is 22.7 Å². The SMILES string of the molecule is N#Cc1cc(Br)ccc1N1CCCN2CCCC2C1. The zero-order valence-corrected chi connectivity index (χ0v) is 12.6. The van der Waals surface area contributed by atoms with Gasteiger partial charge in [-0.25, -0.2) is 0 Å². The van der Waals surface area contributed by atoms with Crippen molar-refractivity contribution in [1.29, 1.82) is 5.26 Å². The molecule has 0 amide bonds. The summed E-state index contributed by atoms with van der Waals surface area (Å²) in [7, 11) is 0. The van der Waals surface area contributed by atoms with E-state index in [0.717, 1.165) is 28.8 Å². The second kappa shape index (κ2) is 5.52. The largest absolute Gasteiger partial charge is 0.369 e. The maximum absolute atomic E-state index is 9.32. The van der Waals surface area contributed by atoms with Gasteiger partial charge in [-0.05, 0) is 44.0 Å². The van der Waals surface area contributed by atoms with Crippen molar-refractivity contribution in [3.05, 3.63) is 28.2 Å². The van der Waals surface area contributed by atoms with E-state index in [1.165, 1.54) is 32.4 Å². The van der Waals surface area contributed by atoms with Crippen molar-refractivity contribution in [1.82, 2.24) is 4.90 Å². The van der Waals surface area contributed by atoms with Crippen LogP contribution in [0.4, 0.5) is 5.69 Å². The normalized spacial score (nSPS) is 23.8. The Morgan fingerprint density at radius 3 is 2.89 bits per heavy atom. The second-order valence-corrected chi connectivity index (χ2v) is 6.32. The smallest absolute Gasteiger partial charge is 0.101 e. The Bertz CT molecular complexity index is 509. The van der Waals surface area contributed by atoms with Crippen LogP contribution in [0.1, 0.15) is 24.8 Å². The highest BCUT2D eigenvalue weighted by Gasteiger charge is 2.29. The van der Waals surface area contributed by atoms with Crippen molar-refractivity contribution in [2.75, 3.05) is 31.1 Å². The highest BCUT2D eigenvalue weighted by atomic mass is 79.9. The van der Waals surface area contributed by atoms with E-state index in [9.17, 15) is 5.26 Å². The van der Waals surface area contributed by atoms with Gasteiger partial charge in [-0.1, -0.05) is 15.9 Å². The molecule has 0 N–H and O–H groups in total. The summed E-state index contributed by atoms with van der Waals surface area (Å²) in [5, 5.41) is 9.32. The van der Waals surface area contributed by atoms with Crippen LogP contribution in [-0.2, 0) is 0 Å². The van der Waals surface area contributed by atoms with Crippen LogP contribution in [0.2, 0.25) is 0 Å². The molecule has 2 fully saturated rings. The van der Waals surface area contributed by atoms with Gasteiger partial charge in [0, 0.05) is 30.1 Å². The van der Waals surface area contributed by atoms with E-state index in [-0.39, 0.29) is 0 Å². The molecule has 1 aromatic rings. The number of hydrogen-bond donors (Lipinski definition) is 0. The summed E-state index contributed by atoms with van der Waals surface area (Å²) in [6.45, 7) is 4.59. The minimum Gasteiger partial charge on any atom is -0.369 e. The van der Waals surface area contributed by atoms with Gasteiger partial charge in [0.05, 0.1) is 11.3 Å². The van der Waals surface area contributed by atoms with Crippen molar-refractivity contribution < 1.29 is 0 Å². The number of halogens is 1. The molecule has 19 heavy (non-hydrogen) atoms. The van der Waals surface area contributed by atoms with Gasteiger partial charge in [0.1, 0.15) is 6.07 Å². The van der Waals surface area contributed by atoms with Crippen LogP contribution in [0, 0.1) is 11.3 Å². The fourth-order valence-electron chi connectivity index (χ4n) is 3.30. The van der Waals surface area contributed by atoms with E-state index < -0.39 is 0 Å². The Kier molecular flexibility index (Phi) is 3.76.